The van der Waals surface area contributed by atoms with Crippen LogP contribution in [0, 0.1) is 6.92 Å². The fraction of sp³-hybridized carbons (Fsp3) is 0.857. The van der Waals surface area contributed by atoms with Crippen molar-refractivity contribution in [2.45, 2.75) is 37.5 Å². The van der Waals surface area contributed by atoms with E-state index in [2.05, 4.69) is 6.92 Å². The minimum absolute atomic E-state index is 0.417. The van der Waals surface area contributed by atoms with Crippen LogP contribution in [0.3, 0.4) is 0 Å². The molecule has 0 aromatic rings. The van der Waals surface area contributed by atoms with Crippen molar-refractivity contribution in [2.75, 3.05) is 0 Å². The third-order valence-electron chi connectivity index (χ3n) is 1.48. The molecular formula is C7H9F6. The number of hydrogen-bond donors (Lipinski definition) is 0. The fourth-order valence-corrected chi connectivity index (χ4v) is 0.636. The summed E-state index contributed by atoms with van der Waals surface area (Å²) in [6.07, 6.45) is -10.9. The second-order valence-corrected chi connectivity index (χ2v) is 2.56. The molecule has 2 atom stereocenters. The van der Waals surface area contributed by atoms with E-state index in [1.165, 1.54) is 0 Å². The van der Waals surface area contributed by atoms with Crippen molar-refractivity contribution >= 4 is 0 Å². The van der Waals surface area contributed by atoms with Gasteiger partial charge in [-0.2, -0.15) is 8.78 Å². The highest BCUT2D eigenvalue weighted by molar-refractivity contribution is 4.81. The molecule has 0 fully saturated rings. The van der Waals surface area contributed by atoms with Gasteiger partial charge in [-0.25, -0.2) is 17.6 Å². The van der Waals surface area contributed by atoms with E-state index in [9.17, 15) is 26.3 Å². The normalized spacial score (nSPS) is 17.5. The smallest absolute Gasteiger partial charge is 0.247 e. The Hall–Kier alpha value is -0.420. The average molecular weight is 207 g/mol. The number of rotatable bonds is 5. The van der Waals surface area contributed by atoms with Gasteiger partial charge in [0, 0.05) is 6.42 Å². The van der Waals surface area contributed by atoms with Crippen molar-refractivity contribution in [3.8, 4) is 0 Å². The van der Waals surface area contributed by atoms with Crippen LogP contribution in [0.1, 0.15) is 12.8 Å². The first-order valence-corrected chi connectivity index (χ1v) is 3.55. The SMILES string of the molecule is [CH2]CC(F)C[C@H](F)C(F)(F)C(F)F. The van der Waals surface area contributed by atoms with Crippen molar-refractivity contribution in [3.63, 3.8) is 0 Å². The molecule has 0 rings (SSSR count). The van der Waals surface area contributed by atoms with Crippen LogP contribution in [0.2, 0.25) is 0 Å². The Bertz CT molecular complexity index is 146. The average Bonchev–Trinajstić information content (AvgIpc) is 2.03. The maximum Gasteiger partial charge on any atom is 0.337 e. The second kappa shape index (κ2) is 4.72. The lowest BCUT2D eigenvalue weighted by Gasteiger charge is -2.20. The van der Waals surface area contributed by atoms with Crippen molar-refractivity contribution in [1.82, 2.24) is 0 Å². The molecule has 0 N–H and O–H groups in total. The standard InChI is InChI=1S/C7H9F6/c1-2-4(8)3-5(9)7(12,13)6(10)11/h4-6H,1-3H2/t4?,5-/m0/s1. The molecule has 0 amide bonds. The van der Waals surface area contributed by atoms with Gasteiger partial charge in [0.25, 0.3) is 0 Å². The number of hydrogen-bond acceptors (Lipinski definition) is 0. The molecule has 13 heavy (non-hydrogen) atoms. The van der Waals surface area contributed by atoms with Gasteiger partial charge in [-0.15, -0.1) is 0 Å². The summed E-state index contributed by atoms with van der Waals surface area (Å²) >= 11 is 0. The largest absolute Gasteiger partial charge is 0.337 e. The molecule has 1 radical (unpaired) electrons. The van der Waals surface area contributed by atoms with E-state index >= 15 is 0 Å². The summed E-state index contributed by atoms with van der Waals surface area (Å²) in [7, 11) is 0. The molecule has 0 nitrogen and oxygen atoms in total. The van der Waals surface area contributed by atoms with Crippen LogP contribution in [0.25, 0.3) is 0 Å². The zero-order chi connectivity index (χ0) is 10.6. The Kier molecular flexibility index (Phi) is 4.56. The lowest BCUT2D eigenvalue weighted by Crippen LogP contribution is -2.39. The van der Waals surface area contributed by atoms with Gasteiger partial charge in [0.1, 0.15) is 6.17 Å². The minimum atomic E-state index is -4.78. The molecule has 6 heteroatoms. The molecule has 0 aromatic carbocycles. The van der Waals surface area contributed by atoms with Crippen LogP contribution in [0.5, 0.6) is 0 Å². The summed E-state index contributed by atoms with van der Waals surface area (Å²) in [4.78, 5) is 0. The zero-order valence-electron chi connectivity index (χ0n) is 6.62. The molecule has 0 aromatic heterocycles. The van der Waals surface area contributed by atoms with E-state index in [-0.39, 0.29) is 0 Å². The van der Waals surface area contributed by atoms with Gasteiger partial charge in [-0.3, -0.25) is 0 Å². The quantitative estimate of drug-likeness (QED) is 0.607. The Labute approximate surface area is 71.9 Å². The number of halogens is 6. The lowest BCUT2D eigenvalue weighted by atomic mass is 10.1. The summed E-state index contributed by atoms with van der Waals surface area (Å²) in [5.74, 6) is -4.78. The molecule has 79 valence electrons. The van der Waals surface area contributed by atoms with E-state index in [1.807, 2.05) is 0 Å². The number of alkyl halides is 6. The van der Waals surface area contributed by atoms with Gasteiger partial charge in [-0.05, 0) is 6.42 Å². The van der Waals surface area contributed by atoms with Crippen LogP contribution >= 0.6 is 0 Å². The van der Waals surface area contributed by atoms with E-state index in [4.69, 9.17) is 0 Å². The van der Waals surface area contributed by atoms with E-state index < -0.39 is 37.5 Å². The first kappa shape index (κ1) is 12.6. The van der Waals surface area contributed by atoms with Crippen LogP contribution in [-0.4, -0.2) is 24.7 Å². The third-order valence-corrected chi connectivity index (χ3v) is 1.48. The van der Waals surface area contributed by atoms with Crippen LogP contribution < -0.4 is 0 Å². The molecule has 0 bridgehead atoms. The summed E-state index contributed by atoms with van der Waals surface area (Å²) in [5.41, 5.74) is 0. The molecule has 1 unspecified atom stereocenters. The highest BCUT2D eigenvalue weighted by Crippen LogP contribution is 2.32. The van der Waals surface area contributed by atoms with Gasteiger partial charge in [0.05, 0.1) is 0 Å². The van der Waals surface area contributed by atoms with E-state index in [0.29, 0.717) is 0 Å². The Balaban J connectivity index is 4.16. The summed E-state index contributed by atoms with van der Waals surface area (Å²) < 4.78 is 71.9. The highest BCUT2D eigenvalue weighted by Gasteiger charge is 2.49. The molecule has 0 saturated heterocycles. The lowest BCUT2D eigenvalue weighted by molar-refractivity contribution is -0.174. The van der Waals surface area contributed by atoms with Crippen molar-refractivity contribution < 1.29 is 26.3 Å². The Morgan fingerprint density at radius 1 is 1.08 bits per heavy atom. The highest BCUT2D eigenvalue weighted by atomic mass is 19.3. The van der Waals surface area contributed by atoms with Crippen LogP contribution in [-0.2, 0) is 0 Å². The first-order chi connectivity index (χ1) is 5.82. The molecule has 0 aliphatic heterocycles. The predicted octanol–water partition coefficient (Wildman–Crippen LogP) is 3.18. The molecular weight excluding hydrogens is 198 g/mol. The minimum Gasteiger partial charge on any atom is -0.247 e. The van der Waals surface area contributed by atoms with E-state index in [1.54, 1.807) is 0 Å². The van der Waals surface area contributed by atoms with Gasteiger partial charge in [0.2, 0.25) is 0 Å². The molecule has 0 aliphatic rings. The van der Waals surface area contributed by atoms with Gasteiger partial charge in [0.15, 0.2) is 6.17 Å². The van der Waals surface area contributed by atoms with Crippen molar-refractivity contribution in [1.29, 1.82) is 0 Å². The summed E-state index contributed by atoms with van der Waals surface area (Å²) in [6, 6.07) is 0. The van der Waals surface area contributed by atoms with Crippen molar-refractivity contribution in [2.24, 2.45) is 0 Å². The Morgan fingerprint density at radius 3 is 1.85 bits per heavy atom. The third kappa shape index (κ3) is 3.44. The van der Waals surface area contributed by atoms with Crippen LogP contribution in [0.15, 0.2) is 0 Å². The molecule has 0 saturated carbocycles. The monoisotopic (exact) mass is 207 g/mol. The zero-order valence-corrected chi connectivity index (χ0v) is 6.62. The predicted molar refractivity (Wildman–Crippen MR) is 35.3 cm³/mol. The topological polar surface area (TPSA) is 0 Å². The van der Waals surface area contributed by atoms with E-state index in [0.717, 1.165) is 0 Å². The summed E-state index contributed by atoms with van der Waals surface area (Å²) in [6.45, 7) is 2.99. The molecule has 0 heterocycles. The van der Waals surface area contributed by atoms with Gasteiger partial charge < -0.3 is 0 Å². The van der Waals surface area contributed by atoms with Crippen molar-refractivity contribution in [3.05, 3.63) is 6.92 Å². The Morgan fingerprint density at radius 2 is 1.54 bits per heavy atom. The second-order valence-electron chi connectivity index (χ2n) is 2.56. The van der Waals surface area contributed by atoms with Gasteiger partial charge in [-0.1, -0.05) is 6.92 Å². The molecule has 0 aliphatic carbocycles. The maximum absolute atomic E-state index is 12.4. The summed E-state index contributed by atoms with van der Waals surface area (Å²) in [5, 5.41) is 0. The first-order valence-electron chi connectivity index (χ1n) is 3.55. The maximum atomic E-state index is 12.4. The fourth-order valence-electron chi connectivity index (χ4n) is 0.636. The van der Waals surface area contributed by atoms with Crippen LogP contribution in [0.4, 0.5) is 26.3 Å². The molecule has 0 spiro atoms. The van der Waals surface area contributed by atoms with Gasteiger partial charge >= 0.3 is 12.3 Å².